The summed E-state index contributed by atoms with van der Waals surface area (Å²) >= 11 is 0. The number of furan rings is 1. The first-order chi connectivity index (χ1) is 15.2. The van der Waals surface area contributed by atoms with Gasteiger partial charge in [-0.1, -0.05) is 5.16 Å². The number of nitrogens with zero attached hydrogens (tertiary/aromatic N) is 3. The van der Waals surface area contributed by atoms with E-state index in [0.717, 1.165) is 64.4 Å². The van der Waals surface area contributed by atoms with Gasteiger partial charge in [-0.3, -0.25) is 9.59 Å². The molecule has 0 spiro atoms. The predicted octanol–water partition coefficient (Wildman–Crippen LogP) is 1.32. The highest BCUT2D eigenvalue weighted by Crippen LogP contribution is 2.31. The van der Waals surface area contributed by atoms with Crippen molar-refractivity contribution in [1.29, 1.82) is 0 Å². The SMILES string of the molecule is O=C(NCC1CCOCC1)C1CCN(C2=NO[C@@H]3CN(C(=O)c4ccco4)C[C@H]23)CC1. The van der Waals surface area contributed by atoms with E-state index < -0.39 is 0 Å². The van der Waals surface area contributed by atoms with E-state index in [1.54, 1.807) is 17.0 Å². The molecule has 1 aromatic heterocycles. The predicted molar refractivity (Wildman–Crippen MR) is 111 cm³/mol. The van der Waals surface area contributed by atoms with Crippen LogP contribution in [0.4, 0.5) is 0 Å². The molecule has 31 heavy (non-hydrogen) atoms. The smallest absolute Gasteiger partial charge is 0.289 e. The molecule has 3 saturated heterocycles. The van der Waals surface area contributed by atoms with Crippen LogP contribution in [0.1, 0.15) is 36.2 Å². The number of amidine groups is 1. The van der Waals surface area contributed by atoms with Gasteiger partial charge in [0.05, 0.1) is 18.7 Å². The molecule has 2 atom stereocenters. The molecule has 0 aliphatic carbocycles. The number of carbonyl (C=O) groups excluding carboxylic acids is 2. The Morgan fingerprint density at radius 3 is 2.68 bits per heavy atom. The maximum Gasteiger partial charge on any atom is 0.289 e. The summed E-state index contributed by atoms with van der Waals surface area (Å²) in [5.74, 6) is 2.00. The number of nitrogens with one attached hydrogen (secondary N) is 1. The molecule has 168 valence electrons. The normalized spacial score (nSPS) is 27.0. The number of amides is 2. The monoisotopic (exact) mass is 430 g/mol. The van der Waals surface area contributed by atoms with Gasteiger partial charge in [-0.05, 0) is 43.7 Å². The zero-order chi connectivity index (χ0) is 21.2. The molecule has 0 radical (unpaired) electrons. The zero-order valence-corrected chi connectivity index (χ0v) is 17.7. The van der Waals surface area contributed by atoms with Crippen molar-refractivity contribution in [2.75, 3.05) is 45.9 Å². The van der Waals surface area contributed by atoms with Gasteiger partial charge in [-0.25, -0.2) is 0 Å². The van der Waals surface area contributed by atoms with Crippen molar-refractivity contribution in [3.63, 3.8) is 0 Å². The number of hydrogen-bond donors (Lipinski definition) is 1. The minimum Gasteiger partial charge on any atom is -0.459 e. The fourth-order valence-electron chi connectivity index (χ4n) is 5.04. The van der Waals surface area contributed by atoms with Gasteiger partial charge < -0.3 is 29.1 Å². The number of fused-ring (bicyclic) bond motifs is 1. The zero-order valence-electron chi connectivity index (χ0n) is 17.7. The Morgan fingerprint density at radius 1 is 1.13 bits per heavy atom. The van der Waals surface area contributed by atoms with E-state index >= 15 is 0 Å². The lowest BCUT2D eigenvalue weighted by molar-refractivity contribution is -0.126. The van der Waals surface area contributed by atoms with Gasteiger partial charge in [0.1, 0.15) is 0 Å². The van der Waals surface area contributed by atoms with E-state index in [0.29, 0.717) is 24.8 Å². The topological polar surface area (TPSA) is 96.6 Å². The van der Waals surface area contributed by atoms with E-state index in [4.69, 9.17) is 14.0 Å². The standard InChI is InChI=1S/C22H30N4O5/c27-21(23-12-15-5-10-29-11-6-15)16-3-7-25(8-4-16)20-17-13-26(14-19(17)31-24-20)22(28)18-2-1-9-30-18/h1-2,9,15-17,19H,3-8,10-14H2,(H,23,27)/t17-,19+/m0/s1. The Kier molecular flexibility index (Phi) is 5.85. The van der Waals surface area contributed by atoms with Crippen LogP contribution in [-0.4, -0.2) is 79.5 Å². The molecule has 1 N–H and O–H groups in total. The average Bonchev–Trinajstić information content (AvgIpc) is 3.55. The molecule has 2 amide bonds. The van der Waals surface area contributed by atoms with Crippen LogP contribution >= 0.6 is 0 Å². The van der Waals surface area contributed by atoms with Gasteiger partial charge in [0.15, 0.2) is 17.7 Å². The number of oxime groups is 1. The molecular formula is C22H30N4O5. The van der Waals surface area contributed by atoms with Gasteiger partial charge in [0.2, 0.25) is 5.91 Å². The summed E-state index contributed by atoms with van der Waals surface area (Å²) in [6, 6.07) is 3.40. The van der Waals surface area contributed by atoms with Crippen molar-refractivity contribution in [3.05, 3.63) is 24.2 Å². The largest absolute Gasteiger partial charge is 0.459 e. The maximum absolute atomic E-state index is 12.6. The Labute approximate surface area is 181 Å². The third-order valence-corrected chi connectivity index (χ3v) is 6.99. The molecule has 5 heterocycles. The number of rotatable bonds is 4. The molecule has 4 aliphatic rings. The summed E-state index contributed by atoms with van der Waals surface area (Å²) < 4.78 is 10.6. The molecule has 3 fully saturated rings. The van der Waals surface area contributed by atoms with E-state index in [1.165, 1.54) is 6.26 Å². The molecular weight excluding hydrogens is 400 g/mol. The van der Waals surface area contributed by atoms with E-state index in [2.05, 4.69) is 15.4 Å². The second-order valence-corrected chi connectivity index (χ2v) is 8.95. The van der Waals surface area contributed by atoms with Crippen LogP contribution in [0, 0.1) is 17.8 Å². The third-order valence-electron chi connectivity index (χ3n) is 6.99. The molecule has 9 nitrogen and oxygen atoms in total. The third kappa shape index (κ3) is 4.28. The van der Waals surface area contributed by atoms with Gasteiger partial charge in [-0.2, -0.15) is 0 Å². The molecule has 4 aliphatic heterocycles. The molecule has 1 aromatic rings. The van der Waals surface area contributed by atoms with Gasteiger partial charge in [-0.15, -0.1) is 0 Å². The fourth-order valence-corrected chi connectivity index (χ4v) is 5.04. The summed E-state index contributed by atoms with van der Waals surface area (Å²) in [5.41, 5.74) is 0. The second-order valence-electron chi connectivity index (χ2n) is 8.95. The maximum atomic E-state index is 12.6. The summed E-state index contributed by atoms with van der Waals surface area (Å²) in [4.78, 5) is 34.9. The van der Waals surface area contributed by atoms with Crippen molar-refractivity contribution in [2.24, 2.45) is 22.9 Å². The minimum absolute atomic E-state index is 0.0513. The number of ether oxygens (including phenoxy) is 1. The van der Waals surface area contributed by atoms with Crippen molar-refractivity contribution < 1.29 is 23.6 Å². The Hall–Kier alpha value is -2.55. The molecule has 0 aromatic carbocycles. The summed E-state index contributed by atoms with van der Waals surface area (Å²) in [7, 11) is 0. The van der Waals surface area contributed by atoms with Gasteiger partial charge in [0, 0.05) is 45.3 Å². The molecule has 0 unspecified atom stereocenters. The average molecular weight is 431 g/mol. The molecule has 9 heteroatoms. The van der Waals surface area contributed by atoms with Crippen molar-refractivity contribution in [2.45, 2.75) is 31.8 Å². The Bertz CT molecular complexity index is 812. The van der Waals surface area contributed by atoms with Crippen LogP contribution in [0.5, 0.6) is 0 Å². The first-order valence-corrected chi connectivity index (χ1v) is 11.4. The van der Waals surface area contributed by atoms with Crippen molar-refractivity contribution in [3.8, 4) is 0 Å². The van der Waals surface area contributed by atoms with Crippen molar-refractivity contribution in [1.82, 2.24) is 15.1 Å². The van der Waals surface area contributed by atoms with Crippen LogP contribution in [0.3, 0.4) is 0 Å². The summed E-state index contributed by atoms with van der Waals surface area (Å²) in [6.07, 6.45) is 5.09. The van der Waals surface area contributed by atoms with E-state index in [9.17, 15) is 9.59 Å². The highest BCUT2D eigenvalue weighted by atomic mass is 16.6. The fraction of sp³-hybridized carbons (Fsp3) is 0.682. The minimum atomic E-state index is -0.109. The lowest BCUT2D eigenvalue weighted by Crippen LogP contribution is -2.46. The molecule has 5 rings (SSSR count). The highest BCUT2D eigenvalue weighted by Gasteiger charge is 2.46. The van der Waals surface area contributed by atoms with Gasteiger partial charge >= 0.3 is 0 Å². The van der Waals surface area contributed by atoms with Crippen LogP contribution < -0.4 is 5.32 Å². The van der Waals surface area contributed by atoms with Crippen molar-refractivity contribution >= 4 is 17.6 Å². The highest BCUT2D eigenvalue weighted by molar-refractivity contribution is 5.93. The summed E-state index contributed by atoms with van der Waals surface area (Å²) in [5, 5.41) is 7.49. The lowest BCUT2D eigenvalue weighted by atomic mass is 9.93. The van der Waals surface area contributed by atoms with E-state index in [1.807, 2.05) is 0 Å². The number of hydrogen-bond acceptors (Lipinski definition) is 7. The van der Waals surface area contributed by atoms with Crippen LogP contribution in [0.15, 0.2) is 28.0 Å². The quantitative estimate of drug-likeness (QED) is 0.774. The number of likely N-dealkylation sites (tertiary alicyclic amines) is 2. The molecule has 0 bridgehead atoms. The Balaban J connectivity index is 1.10. The van der Waals surface area contributed by atoms with E-state index in [-0.39, 0.29) is 29.8 Å². The summed E-state index contributed by atoms with van der Waals surface area (Å²) in [6.45, 7) is 5.02. The number of carbonyl (C=O) groups is 2. The van der Waals surface area contributed by atoms with Crippen LogP contribution in [-0.2, 0) is 14.4 Å². The number of piperidine rings is 1. The van der Waals surface area contributed by atoms with Crippen LogP contribution in [0.2, 0.25) is 0 Å². The molecule has 0 saturated carbocycles. The Morgan fingerprint density at radius 2 is 1.94 bits per heavy atom. The first-order valence-electron chi connectivity index (χ1n) is 11.4. The van der Waals surface area contributed by atoms with Gasteiger partial charge in [0.25, 0.3) is 5.91 Å². The van der Waals surface area contributed by atoms with Crippen LogP contribution in [0.25, 0.3) is 0 Å². The first kappa shape index (κ1) is 20.4. The second kappa shape index (κ2) is 8.90. The lowest BCUT2D eigenvalue weighted by Gasteiger charge is -2.34.